The van der Waals surface area contributed by atoms with Gasteiger partial charge in [0.05, 0.1) is 0 Å². The first-order valence-electron chi connectivity index (χ1n) is 10.2. The van der Waals surface area contributed by atoms with E-state index in [9.17, 15) is 15.0 Å². The van der Waals surface area contributed by atoms with Gasteiger partial charge in [0.25, 0.3) is 0 Å². The van der Waals surface area contributed by atoms with Crippen molar-refractivity contribution in [2.45, 2.75) is 25.0 Å². The zero-order valence-corrected chi connectivity index (χ0v) is 18.7. The zero-order chi connectivity index (χ0) is 22.0. The molecule has 0 aromatic heterocycles. The normalized spacial score (nSPS) is 14.5. The van der Waals surface area contributed by atoms with Gasteiger partial charge < -0.3 is 20.3 Å². The number of aryl methyl sites for hydroxylation is 1. The van der Waals surface area contributed by atoms with Crippen LogP contribution in [0, 0.1) is 6.92 Å². The maximum Gasteiger partial charge on any atom is 0.407 e. The van der Waals surface area contributed by atoms with E-state index in [4.69, 9.17) is 4.74 Å². The Bertz CT molecular complexity index is 1030. The minimum absolute atomic E-state index is 0.0293. The first-order chi connectivity index (χ1) is 14.9. The maximum atomic E-state index is 12.3. The van der Waals surface area contributed by atoms with E-state index in [0.717, 1.165) is 32.3 Å². The Labute approximate surface area is 189 Å². The molecule has 4 rings (SSSR count). The van der Waals surface area contributed by atoms with E-state index in [-0.39, 0.29) is 19.1 Å². The summed E-state index contributed by atoms with van der Waals surface area (Å²) >= 11 is 3.39. The molecule has 2 unspecified atom stereocenters. The van der Waals surface area contributed by atoms with Gasteiger partial charge in [-0.15, -0.1) is 0 Å². The summed E-state index contributed by atoms with van der Waals surface area (Å²) in [5.41, 5.74) is 6.13. The van der Waals surface area contributed by atoms with Crippen LogP contribution < -0.4 is 5.32 Å². The number of ether oxygens (including phenoxy) is 1. The van der Waals surface area contributed by atoms with Gasteiger partial charge in [-0.05, 0) is 52.4 Å². The largest absolute Gasteiger partial charge is 0.449 e. The molecule has 2 atom stereocenters. The fourth-order valence-electron chi connectivity index (χ4n) is 4.11. The number of hydrogen-bond acceptors (Lipinski definition) is 4. The number of nitrogens with one attached hydrogen (secondary N) is 1. The van der Waals surface area contributed by atoms with Gasteiger partial charge in [0.2, 0.25) is 0 Å². The molecular weight excluding hydrogens is 458 g/mol. The Morgan fingerprint density at radius 3 is 2.26 bits per heavy atom. The number of aliphatic hydroxyl groups is 2. The van der Waals surface area contributed by atoms with Crippen molar-refractivity contribution in [2.24, 2.45) is 0 Å². The van der Waals surface area contributed by atoms with Crippen molar-refractivity contribution in [2.75, 3.05) is 13.2 Å². The van der Waals surface area contributed by atoms with Crippen molar-refractivity contribution in [3.05, 3.63) is 93.5 Å². The van der Waals surface area contributed by atoms with Gasteiger partial charge in [-0.25, -0.2) is 4.79 Å². The maximum absolute atomic E-state index is 12.3. The molecule has 6 heteroatoms. The lowest BCUT2D eigenvalue weighted by atomic mass is 9.98. The van der Waals surface area contributed by atoms with Crippen LogP contribution in [0.4, 0.5) is 4.79 Å². The lowest BCUT2D eigenvalue weighted by molar-refractivity contribution is 0.0185. The van der Waals surface area contributed by atoms with Crippen LogP contribution in [0.1, 0.15) is 34.3 Å². The Kier molecular flexibility index (Phi) is 6.41. The van der Waals surface area contributed by atoms with Crippen LogP contribution in [0.3, 0.4) is 0 Å². The van der Waals surface area contributed by atoms with Gasteiger partial charge in [-0.2, -0.15) is 0 Å². The van der Waals surface area contributed by atoms with Crippen LogP contribution in [0.2, 0.25) is 0 Å². The lowest BCUT2D eigenvalue weighted by Crippen LogP contribution is -2.36. The average molecular weight is 482 g/mol. The quantitative estimate of drug-likeness (QED) is 0.477. The van der Waals surface area contributed by atoms with Crippen LogP contribution in [0.5, 0.6) is 0 Å². The number of benzene rings is 3. The van der Waals surface area contributed by atoms with Crippen LogP contribution in [0.15, 0.2) is 71.2 Å². The molecule has 1 aliphatic carbocycles. The molecule has 1 amide bonds. The Morgan fingerprint density at radius 2 is 1.65 bits per heavy atom. The summed E-state index contributed by atoms with van der Waals surface area (Å²) in [6.45, 7) is 1.98. The van der Waals surface area contributed by atoms with Crippen LogP contribution >= 0.6 is 15.9 Å². The Morgan fingerprint density at radius 1 is 1.03 bits per heavy atom. The fourth-order valence-corrected chi connectivity index (χ4v) is 4.73. The molecule has 0 radical (unpaired) electrons. The number of hydrogen-bond donors (Lipinski definition) is 3. The average Bonchev–Trinajstić information content (AvgIpc) is 3.08. The van der Waals surface area contributed by atoms with Crippen molar-refractivity contribution >= 4 is 22.0 Å². The number of aliphatic hydroxyl groups excluding tert-OH is 2. The summed E-state index contributed by atoms with van der Waals surface area (Å²) in [6.07, 6.45) is -2.90. The molecule has 0 fully saturated rings. The summed E-state index contributed by atoms with van der Waals surface area (Å²) in [4.78, 5) is 12.3. The molecule has 0 spiro atoms. The van der Waals surface area contributed by atoms with Gasteiger partial charge in [0.1, 0.15) is 18.8 Å². The van der Waals surface area contributed by atoms with E-state index in [0.29, 0.717) is 5.56 Å². The number of rotatable bonds is 6. The van der Waals surface area contributed by atoms with Crippen LogP contribution in [0.25, 0.3) is 11.1 Å². The highest BCUT2D eigenvalue weighted by molar-refractivity contribution is 9.10. The highest BCUT2D eigenvalue weighted by Gasteiger charge is 2.29. The third kappa shape index (κ3) is 4.66. The van der Waals surface area contributed by atoms with E-state index in [1.54, 1.807) is 12.1 Å². The number of fused-ring (bicyclic) bond motifs is 3. The second-order valence-electron chi connectivity index (χ2n) is 7.78. The van der Waals surface area contributed by atoms with E-state index >= 15 is 0 Å². The summed E-state index contributed by atoms with van der Waals surface area (Å²) in [5, 5.41) is 23.3. The van der Waals surface area contributed by atoms with E-state index < -0.39 is 18.3 Å². The number of alkyl carbamates (subject to hydrolysis) is 1. The third-order valence-electron chi connectivity index (χ3n) is 5.57. The highest BCUT2D eigenvalue weighted by atomic mass is 79.9. The highest BCUT2D eigenvalue weighted by Crippen LogP contribution is 2.44. The molecule has 0 saturated carbocycles. The van der Waals surface area contributed by atoms with Gasteiger partial charge >= 0.3 is 6.09 Å². The molecule has 0 aliphatic heterocycles. The first-order valence-corrected chi connectivity index (χ1v) is 11.0. The SMILES string of the molecule is Cc1cc(Br)cc(C(O)C(O)CNC(=O)OCC2c3ccccc3-c3ccccc32)c1. The van der Waals surface area contributed by atoms with Crippen molar-refractivity contribution in [3.8, 4) is 11.1 Å². The van der Waals surface area contributed by atoms with E-state index in [2.05, 4.69) is 45.5 Å². The zero-order valence-electron chi connectivity index (χ0n) is 17.1. The smallest absolute Gasteiger partial charge is 0.407 e. The van der Waals surface area contributed by atoms with Gasteiger partial charge in [0.15, 0.2) is 0 Å². The number of carbonyl (C=O) groups is 1. The minimum atomic E-state index is -1.16. The first kappa shape index (κ1) is 21.6. The number of carbonyl (C=O) groups excluding carboxylic acids is 1. The molecule has 3 N–H and O–H groups in total. The molecule has 0 heterocycles. The standard InChI is InChI=1S/C25H24BrNO4/c1-15-10-16(12-17(26)11-15)24(29)23(28)13-27-25(30)31-14-22-20-8-4-2-6-18(20)19-7-3-5-9-21(19)22/h2-12,22-24,28-29H,13-14H2,1H3,(H,27,30). The Hall–Kier alpha value is -2.67. The fraction of sp³-hybridized carbons (Fsp3) is 0.240. The predicted octanol–water partition coefficient (Wildman–Crippen LogP) is 4.69. The molecule has 0 saturated heterocycles. The van der Waals surface area contributed by atoms with E-state index in [1.165, 1.54) is 0 Å². The molecule has 5 nitrogen and oxygen atoms in total. The molecule has 160 valence electrons. The summed E-state index contributed by atoms with van der Waals surface area (Å²) in [5.74, 6) is -0.0293. The van der Waals surface area contributed by atoms with Gasteiger partial charge in [-0.3, -0.25) is 0 Å². The van der Waals surface area contributed by atoms with Gasteiger partial charge in [0, 0.05) is 16.9 Å². The second kappa shape index (κ2) is 9.22. The van der Waals surface area contributed by atoms with Crippen LogP contribution in [-0.4, -0.2) is 35.6 Å². The van der Waals surface area contributed by atoms with E-state index in [1.807, 2.05) is 37.3 Å². The topological polar surface area (TPSA) is 78.8 Å². The lowest BCUT2D eigenvalue weighted by Gasteiger charge is -2.20. The molecular formula is C25H24BrNO4. The number of amides is 1. The molecule has 3 aromatic rings. The van der Waals surface area contributed by atoms with Crippen molar-refractivity contribution < 1.29 is 19.7 Å². The van der Waals surface area contributed by atoms with Crippen molar-refractivity contribution in [1.29, 1.82) is 0 Å². The third-order valence-corrected chi connectivity index (χ3v) is 6.03. The van der Waals surface area contributed by atoms with Crippen molar-refractivity contribution in [3.63, 3.8) is 0 Å². The van der Waals surface area contributed by atoms with Crippen molar-refractivity contribution in [1.82, 2.24) is 5.32 Å². The Balaban J connectivity index is 1.35. The monoisotopic (exact) mass is 481 g/mol. The summed E-state index contributed by atoms with van der Waals surface area (Å²) in [7, 11) is 0. The summed E-state index contributed by atoms with van der Waals surface area (Å²) < 4.78 is 6.28. The minimum Gasteiger partial charge on any atom is -0.449 e. The summed E-state index contributed by atoms with van der Waals surface area (Å²) in [6, 6.07) is 21.7. The molecule has 31 heavy (non-hydrogen) atoms. The molecule has 0 bridgehead atoms. The van der Waals surface area contributed by atoms with Crippen LogP contribution in [-0.2, 0) is 4.74 Å². The predicted molar refractivity (Wildman–Crippen MR) is 123 cm³/mol. The van der Waals surface area contributed by atoms with Gasteiger partial charge in [-0.1, -0.05) is 70.5 Å². The number of halogens is 1. The second-order valence-corrected chi connectivity index (χ2v) is 8.70. The molecule has 3 aromatic carbocycles. The molecule has 1 aliphatic rings.